The molecule has 1 aliphatic heterocycles. The smallest absolute Gasteiger partial charge is 0.356 e. The fourth-order valence-corrected chi connectivity index (χ4v) is 2.89. The number of pyridine rings is 1. The van der Waals surface area contributed by atoms with Gasteiger partial charge in [0.25, 0.3) is 0 Å². The molecule has 1 aliphatic rings. The predicted octanol–water partition coefficient (Wildman–Crippen LogP) is 2.71. The van der Waals surface area contributed by atoms with Gasteiger partial charge in [-0.15, -0.1) is 0 Å². The third kappa shape index (κ3) is 3.46. The first-order chi connectivity index (χ1) is 9.82. The summed E-state index contributed by atoms with van der Waals surface area (Å²) in [5.41, 5.74) is 7.27. The highest BCUT2D eigenvalue weighted by Crippen LogP contribution is 2.36. The number of hydrogen-bond donors (Lipinski definition) is 1. The van der Waals surface area contributed by atoms with E-state index in [2.05, 4.69) is 30.7 Å². The van der Waals surface area contributed by atoms with Gasteiger partial charge < -0.3 is 15.4 Å². The number of anilines is 2. The fraction of sp³-hybridized carbons (Fsp3) is 0.625. The number of hydrogen-bond acceptors (Lipinski definition) is 5. The van der Waals surface area contributed by atoms with Crippen molar-refractivity contribution in [2.24, 2.45) is 11.3 Å². The zero-order valence-electron chi connectivity index (χ0n) is 13.3. The molecule has 1 aromatic rings. The van der Waals surface area contributed by atoms with E-state index in [1.807, 2.05) is 0 Å². The Labute approximate surface area is 126 Å². The van der Waals surface area contributed by atoms with E-state index < -0.39 is 5.97 Å². The lowest BCUT2D eigenvalue weighted by atomic mass is 9.75. The number of rotatable bonds is 2. The summed E-state index contributed by atoms with van der Waals surface area (Å²) in [5, 5.41) is 0. The van der Waals surface area contributed by atoms with Crippen LogP contribution >= 0.6 is 0 Å². The maximum atomic E-state index is 11.6. The van der Waals surface area contributed by atoms with Crippen molar-refractivity contribution in [3.05, 3.63) is 17.8 Å². The van der Waals surface area contributed by atoms with Gasteiger partial charge in [-0.2, -0.15) is 0 Å². The van der Waals surface area contributed by atoms with Crippen LogP contribution < -0.4 is 10.6 Å². The maximum Gasteiger partial charge on any atom is 0.356 e. The number of methoxy groups -OCH3 is 1. The Hall–Kier alpha value is -1.78. The molecule has 5 nitrogen and oxygen atoms in total. The van der Waals surface area contributed by atoms with Crippen molar-refractivity contribution in [2.75, 3.05) is 30.8 Å². The highest BCUT2D eigenvalue weighted by Gasteiger charge is 2.29. The van der Waals surface area contributed by atoms with Gasteiger partial charge in [-0.05, 0) is 36.3 Å². The monoisotopic (exact) mass is 291 g/mol. The van der Waals surface area contributed by atoms with E-state index in [1.54, 1.807) is 12.1 Å². The molecule has 0 saturated carbocycles. The standard InChI is InChI=1S/C16H25N3O2/c1-16(2,3)11-7-9-19(10-8-11)14-12(17)5-6-13(18-14)15(20)21-4/h5-6,11H,7-10,17H2,1-4H3. The van der Waals surface area contributed by atoms with E-state index in [-0.39, 0.29) is 0 Å². The van der Waals surface area contributed by atoms with Crippen molar-refractivity contribution in [1.82, 2.24) is 4.98 Å². The molecule has 21 heavy (non-hydrogen) atoms. The zero-order valence-corrected chi connectivity index (χ0v) is 13.3. The van der Waals surface area contributed by atoms with Crippen LogP contribution in [0.25, 0.3) is 0 Å². The topological polar surface area (TPSA) is 68.5 Å². The normalized spacial score (nSPS) is 16.9. The Bertz CT molecular complexity index is 515. The molecule has 0 radical (unpaired) electrons. The van der Waals surface area contributed by atoms with Crippen LogP contribution in [0.15, 0.2) is 12.1 Å². The molecule has 2 rings (SSSR count). The van der Waals surface area contributed by atoms with Crippen molar-refractivity contribution in [3.8, 4) is 0 Å². The highest BCUT2D eigenvalue weighted by molar-refractivity contribution is 5.88. The molecule has 1 fully saturated rings. The van der Waals surface area contributed by atoms with Gasteiger partial charge in [0.15, 0.2) is 11.5 Å². The van der Waals surface area contributed by atoms with Crippen molar-refractivity contribution < 1.29 is 9.53 Å². The summed E-state index contributed by atoms with van der Waals surface area (Å²) < 4.78 is 4.72. The summed E-state index contributed by atoms with van der Waals surface area (Å²) in [6.45, 7) is 8.71. The fourth-order valence-electron chi connectivity index (χ4n) is 2.89. The van der Waals surface area contributed by atoms with Crippen LogP contribution in [0.1, 0.15) is 44.1 Å². The summed E-state index contributed by atoms with van der Waals surface area (Å²) in [4.78, 5) is 18.2. The summed E-state index contributed by atoms with van der Waals surface area (Å²) in [7, 11) is 1.36. The second-order valence-corrected chi connectivity index (χ2v) is 6.73. The lowest BCUT2D eigenvalue weighted by molar-refractivity contribution is 0.0594. The van der Waals surface area contributed by atoms with E-state index in [1.165, 1.54) is 7.11 Å². The van der Waals surface area contributed by atoms with Gasteiger partial charge in [0, 0.05) is 13.1 Å². The summed E-state index contributed by atoms with van der Waals surface area (Å²) >= 11 is 0. The zero-order chi connectivity index (χ0) is 15.6. The van der Waals surface area contributed by atoms with Crippen molar-refractivity contribution in [1.29, 1.82) is 0 Å². The Morgan fingerprint density at radius 1 is 1.33 bits per heavy atom. The van der Waals surface area contributed by atoms with Gasteiger partial charge in [0.2, 0.25) is 0 Å². The third-order valence-electron chi connectivity index (χ3n) is 4.32. The molecule has 0 atom stereocenters. The number of nitrogens with zero attached hydrogens (tertiary/aromatic N) is 2. The third-order valence-corrected chi connectivity index (χ3v) is 4.32. The molecule has 116 valence electrons. The van der Waals surface area contributed by atoms with Crippen LogP contribution in [0, 0.1) is 11.3 Å². The Morgan fingerprint density at radius 3 is 2.48 bits per heavy atom. The predicted molar refractivity (Wildman–Crippen MR) is 84.4 cm³/mol. The van der Waals surface area contributed by atoms with Crippen molar-refractivity contribution in [2.45, 2.75) is 33.6 Å². The summed E-state index contributed by atoms with van der Waals surface area (Å²) in [6, 6.07) is 3.33. The molecular formula is C16H25N3O2. The van der Waals surface area contributed by atoms with Crippen molar-refractivity contribution >= 4 is 17.5 Å². The lowest BCUT2D eigenvalue weighted by Crippen LogP contribution is -2.38. The van der Waals surface area contributed by atoms with E-state index in [0.29, 0.717) is 28.5 Å². The number of carbonyl (C=O) groups excluding carboxylic acids is 1. The molecule has 2 N–H and O–H groups in total. The van der Waals surface area contributed by atoms with Gasteiger partial charge in [-0.1, -0.05) is 20.8 Å². The molecule has 0 spiro atoms. The minimum Gasteiger partial charge on any atom is -0.464 e. The van der Waals surface area contributed by atoms with Gasteiger partial charge in [-0.25, -0.2) is 9.78 Å². The molecule has 0 unspecified atom stereocenters. The van der Waals surface area contributed by atoms with E-state index in [9.17, 15) is 4.79 Å². The average molecular weight is 291 g/mol. The quantitative estimate of drug-likeness (QED) is 0.848. The first-order valence-electron chi connectivity index (χ1n) is 7.42. The van der Waals surface area contributed by atoms with Crippen LogP contribution in [0.3, 0.4) is 0 Å². The van der Waals surface area contributed by atoms with Crippen LogP contribution in [-0.2, 0) is 4.74 Å². The van der Waals surface area contributed by atoms with Gasteiger partial charge in [0.05, 0.1) is 12.8 Å². The number of esters is 1. The first-order valence-corrected chi connectivity index (χ1v) is 7.42. The number of nitrogens with two attached hydrogens (primary N) is 1. The van der Waals surface area contributed by atoms with Gasteiger partial charge in [0.1, 0.15) is 0 Å². The summed E-state index contributed by atoms with van der Waals surface area (Å²) in [5.74, 6) is 0.977. The van der Waals surface area contributed by atoms with Gasteiger partial charge >= 0.3 is 5.97 Å². The number of piperidine rings is 1. The molecule has 1 saturated heterocycles. The van der Waals surface area contributed by atoms with E-state index in [0.717, 1.165) is 25.9 Å². The van der Waals surface area contributed by atoms with Crippen LogP contribution in [-0.4, -0.2) is 31.2 Å². The Morgan fingerprint density at radius 2 is 1.95 bits per heavy atom. The largest absolute Gasteiger partial charge is 0.464 e. The van der Waals surface area contributed by atoms with E-state index >= 15 is 0 Å². The second kappa shape index (κ2) is 5.92. The summed E-state index contributed by atoms with van der Waals surface area (Å²) in [6.07, 6.45) is 2.24. The van der Waals surface area contributed by atoms with Crippen LogP contribution in [0.4, 0.5) is 11.5 Å². The second-order valence-electron chi connectivity index (χ2n) is 6.73. The Balaban J connectivity index is 2.15. The van der Waals surface area contributed by atoms with E-state index in [4.69, 9.17) is 10.5 Å². The molecule has 5 heteroatoms. The molecule has 2 heterocycles. The molecule has 0 bridgehead atoms. The Kier molecular flexibility index (Phi) is 4.40. The van der Waals surface area contributed by atoms with Crippen LogP contribution in [0.5, 0.6) is 0 Å². The number of carbonyl (C=O) groups is 1. The SMILES string of the molecule is COC(=O)c1ccc(N)c(N2CCC(C(C)(C)C)CC2)n1. The number of aromatic nitrogens is 1. The molecule has 0 aliphatic carbocycles. The van der Waals surface area contributed by atoms with Crippen molar-refractivity contribution in [3.63, 3.8) is 0 Å². The van der Waals surface area contributed by atoms with Crippen LogP contribution in [0.2, 0.25) is 0 Å². The van der Waals surface area contributed by atoms with Gasteiger partial charge in [-0.3, -0.25) is 0 Å². The number of nitrogen functional groups attached to an aromatic ring is 1. The minimum atomic E-state index is -0.430. The highest BCUT2D eigenvalue weighted by atomic mass is 16.5. The maximum absolute atomic E-state index is 11.6. The number of ether oxygens (including phenoxy) is 1. The average Bonchev–Trinajstić information content (AvgIpc) is 2.46. The first kappa shape index (κ1) is 15.6. The lowest BCUT2D eigenvalue weighted by Gasteiger charge is -2.39. The molecular weight excluding hydrogens is 266 g/mol. The molecule has 0 amide bonds. The molecule has 1 aromatic heterocycles. The molecule has 0 aromatic carbocycles. The minimum absolute atomic E-state index is 0.305.